The van der Waals surface area contributed by atoms with E-state index in [2.05, 4.69) is 17.6 Å². The zero-order valence-corrected chi connectivity index (χ0v) is 14.9. The van der Waals surface area contributed by atoms with Gasteiger partial charge in [-0.2, -0.15) is 0 Å². The Morgan fingerprint density at radius 2 is 2.17 bits per heavy atom. The third-order valence-corrected chi connectivity index (χ3v) is 4.84. The molecule has 0 aliphatic carbocycles. The normalized spacial score (nSPS) is 23.2. The van der Waals surface area contributed by atoms with Gasteiger partial charge in [0, 0.05) is 31.2 Å². The molecular weight excluding hydrogens is 326 g/mol. The number of nitrogens with one attached hydrogen (secondary N) is 2. The number of para-hydroxylation sites is 1. The van der Waals surface area contributed by atoms with Crippen molar-refractivity contribution in [2.75, 3.05) is 24.5 Å². The lowest BCUT2D eigenvalue weighted by Gasteiger charge is -2.20. The van der Waals surface area contributed by atoms with Gasteiger partial charge in [0.2, 0.25) is 11.8 Å². The van der Waals surface area contributed by atoms with Gasteiger partial charge in [0.05, 0.1) is 5.92 Å². The molecule has 2 aliphatic heterocycles. The summed E-state index contributed by atoms with van der Waals surface area (Å²) in [5, 5.41) is 6.38. The second kappa shape index (κ2) is 8.49. The van der Waals surface area contributed by atoms with E-state index in [9.17, 15) is 9.59 Å². The largest absolute Gasteiger partial charge is 0.354 e. The second-order valence-corrected chi connectivity index (χ2v) is 6.43. The molecule has 132 valence electrons. The number of halogens is 1. The van der Waals surface area contributed by atoms with Crippen LogP contribution in [0.1, 0.15) is 31.7 Å². The summed E-state index contributed by atoms with van der Waals surface area (Å²) in [7, 11) is 0. The Labute approximate surface area is 149 Å². The minimum absolute atomic E-state index is 0. The molecule has 24 heavy (non-hydrogen) atoms. The molecule has 2 saturated heterocycles. The van der Waals surface area contributed by atoms with Crippen molar-refractivity contribution < 1.29 is 9.59 Å². The van der Waals surface area contributed by atoms with Crippen LogP contribution in [0, 0.1) is 5.92 Å². The molecule has 0 saturated carbocycles. The molecule has 5 nitrogen and oxygen atoms in total. The average Bonchev–Trinajstić information content (AvgIpc) is 3.22. The van der Waals surface area contributed by atoms with Crippen LogP contribution in [0.4, 0.5) is 5.69 Å². The Bertz CT molecular complexity index is 587. The van der Waals surface area contributed by atoms with Crippen LogP contribution >= 0.6 is 12.4 Å². The van der Waals surface area contributed by atoms with Crippen molar-refractivity contribution in [2.45, 2.75) is 38.6 Å². The van der Waals surface area contributed by atoms with Crippen LogP contribution < -0.4 is 15.5 Å². The highest BCUT2D eigenvalue weighted by atomic mass is 35.5. The number of benzene rings is 1. The van der Waals surface area contributed by atoms with Gasteiger partial charge in [-0.1, -0.05) is 25.1 Å². The molecule has 0 aromatic heterocycles. The van der Waals surface area contributed by atoms with Crippen molar-refractivity contribution >= 4 is 29.9 Å². The third kappa shape index (κ3) is 4.08. The Balaban J connectivity index is 0.00000208. The lowest BCUT2D eigenvalue weighted by molar-refractivity contribution is -0.126. The zero-order chi connectivity index (χ0) is 16.2. The minimum Gasteiger partial charge on any atom is -0.354 e. The Hall–Kier alpha value is -1.59. The summed E-state index contributed by atoms with van der Waals surface area (Å²) in [6.45, 7) is 4.26. The summed E-state index contributed by atoms with van der Waals surface area (Å²) in [6.07, 6.45) is 3.47. The molecular formula is C18H26ClN3O2. The number of hydrogen-bond donors (Lipinski definition) is 2. The fourth-order valence-electron chi connectivity index (χ4n) is 3.49. The van der Waals surface area contributed by atoms with Crippen LogP contribution in [-0.4, -0.2) is 37.5 Å². The third-order valence-electron chi connectivity index (χ3n) is 4.84. The van der Waals surface area contributed by atoms with E-state index < -0.39 is 0 Å². The molecule has 2 amide bonds. The lowest BCUT2D eigenvalue weighted by Crippen LogP contribution is -2.40. The molecule has 2 fully saturated rings. The van der Waals surface area contributed by atoms with E-state index in [0.29, 0.717) is 25.6 Å². The highest BCUT2D eigenvalue weighted by Gasteiger charge is 2.35. The van der Waals surface area contributed by atoms with Gasteiger partial charge in [0.1, 0.15) is 0 Å². The molecule has 2 unspecified atom stereocenters. The van der Waals surface area contributed by atoms with E-state index in [1.54, 1.807) is 4.90 Å². The number of carbonyl (C=O) groups is 2. The van der Waals surface area contributed by atoms with Crippen molar-refractivity contribution in [3.63, 3.8) is 0 Å². The van der Waals surface area contributed by atoms with Gasteiger partial charge < -0.3 is 15.5 Å². The minimum atomic E-state index is -0.242. The fraction of sp³-hybridized carbons (Fsp3) is 0.556. The lowest BCUT2D eigenvalue weighted by atomic mass is 10.1. The Morgan fingerprint density at radius 1 is 1.38 bits per heavy atom. The van der Waals surface area contributed by atoms with Crippen molar-refractivity contribution in [3.8, 4) is 0 Å². The molecule has 1 aromatic rings. The molecule has 2 aliphatic rings. The highest BCUT2D eigenvalue weighted by molar-refractivity contribution is 6.00. The first-order chi connectivity index (χ1) is 11.2. The van der Waals surface area contributed by atoms with Gasteiger partial charge in [0.25, 0.3) is 0 Å². The molecule has 6 heteroatoms. The first-order valence-corrected chi connectivity index (χ1v) is 8.58. The van der Waals surface area contributed by atoms with Crippen LogP contribution in [-0.2, 0) is 16.0 Å². The maximum atomic E-state index is 12.4. The molecule has 0 spiro atoms. The predicted molar refractivity (Wildman–Crippen MR) is 97.6 cm³/mol. The Kier molecular flexibility index (Phi) is 6.63. The van der Waals surface area contributed by atoms with E-state index in [4.69, 9.17) is 0 Å². The summed E-state index contributed by atoms with van der Waals surface area (Å²) in [5.74, 6) is -0.192. The number of aryl methyl sites for hydroxylation is 1. The fourth-order valence-corrected chi connectivity index (χ4v) is 3.49. The number of hydrogen-bond acceptors (Lipinski definition) is 3. The quantitative estimate of drug-likeness (QED) is 0.851. The average molecular weight is 352 g/mol. The number of amides is 2. The standard InChI is InChI=1S/C18H25N3O2.ClH/c1-2-13-6-3-4-8-16(13)21-12-14(10-17(21)22)18(23)20-11-15-7-5-9-19-15;/h3-4,6,8,14-15,19H,2,5,7,9-12H2,1H3,(H,20,23);1H. The highest BCUT2D eigenvalue weighted by Crippen LogP contribution is 2.28. The van der Waals surface area contributed by atoms with E-state index in [1.807, 2.05) is 24.3 Å². The summed E-state index contributed by atoms with van der Waals surface area (Å²) < 4.78 is 0. The van der Waals surface area contributed by atoms with Crippen LogP contribution in [0.2, 0.25) is 0 Å². The van der Waals surface area contributed by atoms with Gasteiger partial charge in [-0.15, -0.1) is 12.4 Å². The summed E-state index contributed by atoms with van der Waals surface area (Å²) >= 11 is 0. The molecule has 0 radical (unpaired) electrons. The van der Waals surface area contributed by atoms with Crippen LogP contribution in [0.5, 0.6) is 0 Å². The SMILES string of the molecule is CCc1ccccc1N1CC(C(=O)NCC2CCCN2)CC1=O.Cl. The first kappa shape index (κ1) is 18.7. The predicted octanol–water partition coefficient (Wildman–Crippen LogP) is 1.89. The molecule has 2 atom stereocenters. The summed E-state index contributed by atoms with van der Waals surface area (Å²) in [6, 6.07) is 8.33. The summed E-state index contributed by atoms with van der Waals surface area (Å²) in [5.41, 5.74) is 2.10. The van der Waals surface area contributed by atoms with Crippen molar-refractivity contribution in [3.05, 3.63) is 29.8 Å². The molecule has 2 N–H and O–H groups in total. The van der Waals surface area contributed by atoms with Gasteiger partial charge >= 0.3 is 0 Å². The van der Waals surface area contributed by atoms with Gasteiger partial charge in [-0.3, -0.25) is 9.59 Å². The molecule has 0 bridgehead atoms. The molecule has 1 aromatic carbocycles. The zero-order valence-electron chi connectivity index (χ0n) is 14.1. The second-order valence-electron chi connectivity index (χ2n) is 6.43. The van der Waals surface area contributed by atoms with E-state index in [0.717, 1.165) is 30.6 Å². The topological polar surface area (TPSA) is 61.4 Å². The Morgan fingerprint density at radius 3 is 2.88 bits per heavy atom. The maximum absolute atomic E-state index is 12.4. The number of carbonyl (C=O) groups excluding carboxylic acids is 2. The molecule has 2 heterocycles. The van der Waals surface area contributed by atoms with Gasteiger partial charge in [-0.25, -0.2) is 0 Å². The van der Waals surface area contributed by atoms with Crippen LogP contribution in [0.15, 0.2) is 24.3 Å². The van der Waals surface area contributed by atoms with E-state index in [1.165, 1.54) is 6.42 Å². The van der Waals surface area contributed by atoms with Crippen molar-refractivity contribution in [1.29, 1.82) is 0 Å². The molecule has 3 rings (SSSR count). The summed E-state index contributed by atoms with van der Waals surface area (Å²) in [4.78, 5) is 26.5. The monoisotopic (exact) mass is 351 g/mol. The first-order valence-electron chi connectivity index (χ1n) is 8.58. The van der Waals surface area contributed by atoms with Crippen molar-refractivity contribution in [2.24, 2.45) is 5.92 Å². The number of rotatable bonds is 5. The maximum Gasteiger partial charge on any atom is 0.227 e. The van der Waals surface area contributed by atoms with E-state index in [-0.39, 0.29) is 30.1 Å². The number of nitrogens with zero attached hydrogens (tertiary/aromatic N) is 1. The number of anilines is 1. The van der Waals surface area contributed by atoms with Crippen LogP contribution in [0.3, 0.4) is 0 Å². The van der Waals surface area contributed by atoms with Crippen LogP contribution in [0.25, 0.3) is 0 Å². The van der Waals surface area contributed by atoms with Gasteiger partial charge in [-0.05, 0) is 37.4 Å². The van der Waals surface area contributed by atoms with Crippen molar-refractivity contribution in [1.82, 2.24) is 10.6 Å². The van der Waals surface area contributed by atoms with E-state index >= 15 is 0 Å². The van der Waals surface area contributed by atoms with Gasteiger partial charge in [0.15, 0.2) is 0 Å². The smallest absolute Gasteiger partial charge is 0.227 e.